The van der Waals surface area contributed by atoms with Gasteiger partial charge in [-0.05, 0) is 34.1 Å². The minimum atomic E-state index is 0.141. The number of piperazine rings is 1. The zero-order chi connectivity index (χ0) is 14.0. The van der Waals surface area contributed by atoms with Crippen LogP contribution in [0.5, 0.6) is 0 Å². The van der Waals surface area contributed by atoms with E-state index < -0.39 is 0 Å². The predicted octanol–water partition coefficient (Wildman–Crippen LogP) is 1.75. The highest BCUT2D eigenvalue weighted by molar-refractivity contribution is 9.10. The highest BCUT2D eigenvalue weighted by Crippen LogP contribution is 2.28. The standard InChI is InChI=1S/C13H16BrN3OS/c1-9(18)16-4-6-17(7-5-16)12-3-2-10(13(15)19)8-11(12)14/h2-3,8H,4-7H2,1H3,(H2,15,19). The summed E-state index contributed by atoms with van der Waals surface area (Å²) < 4.78 is 0.981. The third-order valence-electron chi connectivity index (χ3n) is 3.30. The van der Waals surface area contributed by atoms with Gasteiger partial charge in [-0.3, -0.25) is 4.79 Å². The number of hydrogen-bond acceptors (Lipinski definition) is 3. The fourth-order valence-corrected chi connectivity index (χ4v) is 2.94. The van der Waals surface area contributed by atoms with Crippen molar-refractivity contribution in [1.82, 2.24) is 4.90 Å². The van der Waals surface area contributed by atoms with E-state index >= 15 is 0 Å². The van der Waals surface area contributed by atoms with Crippen molar-refractivity contribution in [2.75, 3.05) is 31.1 Å². The van der Waals surface area contributed by atoms with Gasteiger partial charge in [-0.1, -0.05) is 12.2 Å². The van der Waals surface area contributed by atoms with E-state index in [9.17, 15) is 4.79 Å². The molecule has 0 saturated carbocycles. The first kappa shape index (κ1) is 14.3. The maximum Gasteiger partial charge on any atom is 0.219 e. The molecule has 0 bridgehead atoms. The zero-order valence-corrected chi connectivity index (χ0v) is 13.1. The number of carbonyl (C=O) groups excluding carboxylic acids is 1. The Morgan fingerprint density at radius 2 is 1.95 bits per heavy atom. The summed E-state index contributed by atoms with van der Waals surface area (Å²) in [5, 5.41) is 0. The Bertz CT molecular complexity index is 513. The van der Waals surface area contributed by atoms with Crippen LogP contribution in [0.15, 0.2) is 22.7 Å². The first-order chi connectivity index (χ1) is 8.99. The quantitative estimate of drug-likeness (QED) is 0.832. The third-order valence-corrected chi connectivity index (χ3v) is 4.17. The highest BCUT2D eigenvalue weighted by Gasteiger charge is 2.20. The fraction of sp³-hybridized carbons (Fsp3) is 0.385. The Morgan fingerprint density at radius 3 is 2.42 bits per heavy atom. The van der Waals surface area contributed by atoms with Gasteiger partial charge in [0, 0.05) is 43.1 Å². The van der Waals surface area contributed by atoms with E-state index in [1.54, 1.807) is 6.92 Å². The molecule has 102 valence electrons. The Labute approximate surface area is 126 Å². The molecule has 0 aromatic heterocycles. The fourth-order valence-electron chi connectivity index (χ4n) is 2.18. The van der Waals surface area contributed by atoms with Gasteiger partial charge in [-0.25, -0.2) is 0 Å². The van der Waals surface area contributed by atoms with Gasteiger partial charge < -0.3 is 15.5 Å². The lowest BCUT2D eigenvalue weighted by molar-refractivity contribution is -0.129. The summed E-state index contributed by atoms with van der Waals surface area (Å²) in [7, 11) is 0. The maximum absolute atomic E-state index is 11.3. The van der Waals surface area contributed by atoms with Crippen molar-refractivity contribution in [3.05, 3.63) is 28.2 Å². The van der Waals surface area contributed by atoms with E-state index in [4.69, 9.17) is 18.0 Å². The number of benzene rings is 1. The minimum absolute atomic E-state index is 0.141. The lowest BCUT2D eigenvalue weighted by atomic mass is 10.2. The van der Waals surface area contributed by atoms with Crippen molar-refractivity contribution < 1.29 is 4.79 Å². The van der Waals surface area contributed by atoms with Crippen molar-refractivity contribution in [2.24, 2.45) is 5.73 Å². The van der Waals surface area contributed by atoms with Gasteiger partial charge >= 0.3 is 0 Å². The molecule has 0 radical (unpaired) electrons. The molecule has 1 aliphatic rings. The van der Waals surface area contributed by atoms with E-state index in [2.05, 4.69) is 20.8 Å². The van der Waals surface area contributed by atoms with Crippen molar-refractivity contribution in [2.45, 2.75) is 6.92 Å². The molecule has 19 heavy (non-hydrogen) atoms. The van der Waals surface area contributed by atoms with E-state index in [1.807, 2.05) is 23.1 Å². The average Bonchev–Trinajstić information content (AvgIpc) is 2.38. The number of rotatable bonds is 2. The molecule has 2 N–H and O–H groups in total. The van der Waals surface area contributed by atoms with E-state index in [1.165, 1.54) is 0 Å². The van der Waals surface area contributed by atoms with Gasteiger partial charge in [0.15, 0.2) is 0 Å². The Kier molecular flexibility index (Phi) is 4.42. The summed E-state index contributed by atoms with van der Waals surface area (Å²) in [6.07, 6.45) is 0. The van der Waals surface area contributed by atoms with Crippen LogP contribution in [0.25, 0.3) is 0 Å². The molecule has 1 aromatic carbocycles. The van der Waals surface area contributed by atoms with Crippen LogP contribution in [0.3, 0.4) is 0 Å². The van der Waals surface area contributed by atoms with Gasteiger partial charge in [0.1, 0.15) is 4.99 Å². The van der Waals surface area contributed by atoms with Crippen LogP contribution < -0.4 is 10.6 Å². The largest absolute Gasteiger partial charge is 0.389 e. The van der Waals surface area contributed by atoms with E-state index in [-0.39, 0.29) is 5.91 Å². The normalized spacial score (nSPS) is 15.5. The van der Waals surface area contributed by atoms with Crippen LogP contribution in [-0.2, 0) is 4.79 Å². The number of amides is 1. The molecule has 0 unspecified atom stereocenters. The van der Waals surface area contributed by atoms with Gasteiger partial charge in [0.05, 0.1) is 5.69 Å². The van der Waals surface area contributed by atoms with E-state index in [0.29, 0.717) is 4.99 Å². The van der Waals surface area contributed by atoms with Crippen molar-refractivity contribution >= 4 is 44.7 Å². The molecule has 0 aliphatic carbocycles. The predicted molar refractivity (Wildman–Crippen MR) is 84.5 cm³/mol. The first-order valence-corrected chi connectivity index (χ1v) is 7.29. The minimum Gasteiger partial charge on any atom is -0.389 e. The molecule has 1 amide bonds. The second-order valence-corrected chi connectivity index (χ2v) is 5.82. The average molecular weight is 342 g/mol. The molecule has 6 heteroatoms. The van der Waals surface area contributed by atoms with Gasteiger partial charge in [-0.2, -0.15) is 0 Å². The number of nitrogens with two attached hydrogens (primary N) is 1. The second kappa shape index (κ2) is 5.88. The molecular weight excluding hydrogens is 326 g/mol. The van der Waals surface area contributed by atoms with Crippen LogP contribution in [0, 0.1) is 0 Å². The zero-order valence-electron chi connectivity index (χ0n) is 10.7. The monoisotopic (exact) mass is 341 g/mol. The molecular formula is C13H16BrN3OS. The number of anilines is 1. The Morgan fingerprint density at radius 1 is 1.32 bits per heavy atom. The molecule has 0 spiro atoms. The van der Waals surface area contributed by atoms with Crippen molar-refractivity contribution in [3.63, 3.8) is 0 Å². The smallest absolute Gasteiger partial charge is 0.219 e. The highest BCUT2D eigenvalue weighted by atomic mass is 79.9. The Hall–Kier alpha value is -1.14. The lowest BCUT2D eigenvalue weighted by Crippen LogP contribution is -2.48. The summed E-state index contributed by atoms with van der Waals surface area (Å²) in [4.78, 5) is 15.8. The summed E-state index contributed by atoms with van der Waals surface area (Å²) >= 11 is 8.52. The molecule has 0 atom stereocenters. The number of halogens is 1. The molecule has 1 heterocycles. The van der Waals surface area contributed by atoms with Gasteiger partial charge in [-0.15, -0.1) is 0 Å². The van der Waals surface area contributed by atoms with Gasteiger partial charge in [0.2, 0.25) is 5.91 Å². The van der Waals surface area contributed by atoms with Crippen LogP contribution in [-0.4, -0.2) is 42.0 Å². The first-order valence-electron chi connectivity index (χ1n) is 6.09. The van der Waals surface area contributed by atoms with Crippen LogP contribution in [0.4, 0.5) is 5.69 Å². The molecule has 1 saturated heterocycles. The number of nitrogens with zero attached hydrogens (tertiary/aromatic N) is 2. The lowest BCUT2D eigenvalue weighted by Gasteiger charge is -2.36. The van der Waals surface area contributed by atoms with Crippen LogP contribution in [0.1, 0.15) is 12.5 Å². The summed E-state index contributed by atoms with van der Waals surface area (Å²) in [5.41, 5.74) is 7.58. The van der Waals surface area contributed by atoms with Crippen molar-refractivity contribution in [3.8, 4) is 0 Å². The van der Waals surface area contributed by atoms with Crippen molar-refractivity contribution in [1.29, 1.82) is 0 Å². The molecule has 2 rings (SSSR count). The summed E-state index contributed by atoms with van der Waals surface area (Å²) in [6, 6.07) is 5.89. The molecule has 4 nitrogen and oxygen atoms in total. The number of carbonyl (C=O) groups is 1. The molecule has 1 aromatic rings. The molecule has 1 aliphatic heterocycles. The topological polar surface area (TPSA) is 49.6 Å². The Balaban J connectivity index is 2.11. The SMILES string of the molecule is CC(=O)N1CCN(c2ccc(C(N)=S)cc2Br)CC1. The third kappa shape index (κ3) is 3.25. The van der Waals surface area contributed by atoms with Crippen LogP contribution >= 0.6 is 28.1 Å². The van der Waals surface area contributed by atoms with E-state index in [0.717, 1.165) is 41.9 Å². The second-order valence-electron chi connectivity index (χ2n) is 4.52. The summed E-state index contributed by atoms with van der Waals surface area (Å²) in [6.45, 7) is 4.81. The van der Waals surface area contributed by atoms with Crippen LogP contribution in [0.2, 0.25) is 0 Å². The number of thiocarbonyl (C=S) groups is 1. The molecule has 1 fully saturated rings. The van der Waals surface area contributed by atoms with Gasteiger partial charge in [0.25, 0.3) is 0 Å². The summed E-state index contributed by atoms with van der Waals surface area (Å²) in [5.74, 6) is 0.141. The maximum atomic E-state index is 11.3. The number of hydrogen-bond donors (Lipinski definition) is 1.